The number of carbonyl (C=O) groups excluding carboxylic acids is 2. The Labute approximate surface area is 151 Å². The van der Waals surface area contributed by atoms with Gasteiger partial charge >= 0.3 is 5.97 Å². The highest BCUT2D eigenvalue weighted by molar-refractivity contribution is 6.33. The van der Waals surface area contributed by atoms with E-state index in [9.17, 15) is 9.59 Å². The zero-order valence-corrected chi connectivity index (χ0v) is 14.9. The Morgan fingerprint density at radius 1 is 1.08 bits per heavy atom. The molecule has 0 heterocycles. The molecule has 1 amide bonds. The summed E-state index contributed by atoms with van der Waals surface area (Å²) in [4.78, 5) is 23.7. The number of rotatable bonds is 7. The normalized spacial score (nSPS) is 10.4. The van der Waals surface area contributed by atoms with Gasteiger partial charge in [-0.2, -0.15) is 0 Å². The number of nitrogens with one attached hydrogen (secondary N) is 1. The van der Waals surface area contributed by atoms with Crippen LogP contribution in [0.4, 0.5) is 5.69 Å². The largest absolute Gasteiger partial charge is 0.482 e. The fraction of sp³-hybridized carbons (Fsp3) is 0.263. The minimum atomic E-state index is -0.422. The molecular weight excluding hydrogens is 342 g/mol. The second kappa shape index (κ2) is 9.08. The van der Waals surface area contributed by atoms with Crippen LogP contribution in [0.1, 0.15) is 24.2 Å². The third kappa shape index (κ3) is 6.12. The van der Waals surface area contributed by atoms with Crippen molar-refractivity contribution >= 4 is 29.2 Å². The molecule has 0 spiro atoms. The van der Waals surface area contributed by atoms with Gasteiger partial charge in [-0.05, 0) is 42.3 Å². The lowest BCUT2D eigenvalue weighted by molar-refractivity contribution is -0.147. The average molecular weight is 362 g/mol. The van der Waals surface area contributed by atoms with Crippen LogP contribution >= 0.6 is 11.6 Å². The smallest absolute Gasteiger partial charge is 0.344 e. The van der Waals surface area contributed by atoms with Crippen LogP contribution in [0.25, 0.3) is 0 Å². The van der Waals surface area contributed by atoms with Gasteiger partial charge in [0.2, 0.25) is 0 Å². The third-order valence-electron chi connectivity index (χ3n) is 3.17. The quantitative estimate of drug-likeness (QED) is 0.752. The third-order valence-corrected chi connectivity index (χ3v) is 3.50. The Kier molecular flexibility index (Phi) is 6.83. The Bertz CT molecular complexity index is 728. The van der Waals surface area contributed by atoms with Crippen molar-refractivity contribution in [2.75, 3.05) is 18.5 Å². The lowest BCUT2D eigenvalue weighted by atomic mass is 10.2. The number of hydrogen-bond acceptors (Lipinski definition) is 4. The molecule has 0 bridgehead atoms. The Balaban J connectivity index is 1.88. The van der Waals surface area contributed by atoms with Crippen molar-refractivity contribution in [2.45, 2.75) is 13.8 Å². The van der Waals surface area contributed by atoms with E-state index in [0.717, 1.165) is 0 Å². The summed E-state index contributed by atoms with van der Waals surface area (Å²) in [6, 6.07) is 13.5. The number of benzene rings is 2. The van der Waals surface area contributed by atoms with E-state index in [2.05, 4.69) is 5.32 Å². The summed E-state index contributed by atoms with van der Waals surface area (Å²) in [6.45, 7) is 4.11. The number of halogens is 1. The second-order valence-electron chi connectivity index (χ2n) is 5.82. The first kappa shape index (κ1) is 18.8. The maximum Gasteiger partial charge on any atom is 0.344 e. The van der Waals surface area contributed by atoms with Crippen LogP contribution < -0.4 is 10.1 Å². The monoisotopic (exact) mass is 361 g/mol. The van der Waals surface area contributed by atoms with E-state index < -0.39 is 5.97 Å². The number of esters is 1. The Morgan fingerprint density at radius 3 is 2.40 bits per heavy atom. The molecule has 0 fully saturated rings. The molecule has 5 nitrogen and oxygen atoms in total. The van der Waals surface area contributed by atoms with Gasteiger partial charge in [-0.25, -0.2) is 4.79 Å². The van der Waals surface area contributed by atoms with Crippen LogP contribution in [0, 0.1) is 5.92 Å². The van der Waals surface area contributed by atoms with Gasteiger partial charge < -0.3 is 14.8 Å². The van der Waals surface area contributed by atoms with E-state index in [-0.39, 0.29) is 18.4 Å². The van der Waals surface area contributed by atoms with E-state index in [1.165, 1.54) is 0 Å². The second-order valence-corrected chi connectivity index (χ2v) is 6.23. The topological polar surface area (TPSA) is 64.6 Å². The first-order valence-corrected chi connectivity index (χ1v) is 8.28. The SMILES string of the molecule is CC(C)COC(=O)COc1ccc(C(=O)Nc2ccccc2Cl)cc1. The maximum absolute atomic E-state index is 12.2. The fourth-order valence-corrected chi connectivity index (χ4v) is 2.09. The maximum atomic E-state index is 12.2. The highest BCUT2D eigenvalue weighted by Crippen LogP contribution is 2.21. The molecule has 25 heavy (non-hydrogen) atoms. The molecular formula is C19H20ClNO4. The molecule has 0 saturated carbocycles. The molecule has 0 atom stereocenters. The molecule has 0 saturated heterocycles. The summed E-state index contributed by atoms with van der Waals surface area (Å²) in [5, 5.41) is 3.21. The van der Waals surface area contributed by atoms with Crippen LogP contribution in [-0.2, 0) is 9.53 Å². The molecule has 2 aromatic rings. The summed E-state index contributed by atoms with van der Waals surface area (Å²) in [5.41, 5.74) is 0.997. The predicted octanol–water partition coefficient (Wildman–Crippen LogP) is 4.17. The summed E-state index contributed by atoms with van der Waals surface area (Å²) in [7, 11) is 0. The van der Waals surface area contributed by atoms with Crippen LogP contribution in [0.15, 0.2) is 48.5 Å². The zero-order chi connectivity index (χ0) is 18.2. The van der Waals surface area contributed by atoms with Crippen LogP contribution in [0.5, 0.6) is 5.75 Å². The van der Waals surface area contributed by atoms with Gasteiger partial charge in [-0.3, -0.25) is 4.79 Å². The molecule has 0 unspecified atom stereocenters. The summed E-state index contributed by atoms with van der Waals surface area (Å²) in [6.07, 6.45) is 0. The van der Waals surface area contributed by atoms with E-state index in [1.54, 1.807) is 48.5 Å². The Morgan fingerprint density at radius 2 is 1.76 bits per heavy atom. The van der Waals surface area contributed by atoms with Gasteiger partial charge in [0.1, 0.15) is 5.75 Å². The molecule has 0 aliphatic heterocycles. The number of para-hydroxylation sites is 1. The van der Waals surface area contributed by atoms with Crippen molar-refractivity contribution in [3.05, 3.63) is 59.1 Å². The molecule has 0 radical (unpaired) electrons. The van der Waals surface area contributed by atoms with Crippen molar-refractivity contribution in [3.63, 3.8) is 0 Å². The molecule has 2 rings (SSSR count). The Hall–Kier alpha value is -2.53. The lowest BCUT2D eigenvalue weighted by Gasteiger charge is -2.10. The molecule has 0 aromatic heterocycles. The van der Waals surface area contributed by atoms with Crippen LogP contribution in [-0.4, -0.2) is 25.1 Å². The van der Waals surface area contributed by atoms with Gasteiger partial charge in [0.05, 0.1) is 17.3 Å². The molecule has 0 aliphatic carbocycles. The minimum Gasteiger partial charge on any atom is -0.482 e. The minimum absolute atomic E-state index is 0.169. The van der Waals surface area contributed by atoms with E-state index in [0.29, 0.717) is 28.6 Å². The molecule has 2 aromatic carbocycles. The highest BCUT2D eigenvalue weighted by atomic mass is 35.5. The first-order chi connectivity index (χ1) is 12.0. The molecule has 132 valence electrons. The average Bonchev–Trinajstić information content (AvgIpc) is 2.60. The predicted molar refractivity (Wildman–Crippen MR) is 97.1 cm³/mol. The van der Waals surface area contributed by atoms with E-state index in [4.69, 9.17) is 21.1 Å². The number of anilines is 1. The molecule has 6 heteroatoms. The summed E-state index contributed by atoms with van der Waals surface area (Å²) >= 11 is 6.02. The first-order valence-electron chi connectivity index (χ1n) is 7.90. The summed E-state index contributed by atoms with van der Waals surface area (Å²) in [5.74, 6) is 0.0564. The number of hydrogen-bond donors (Lipinski definition) is 1. The lowest BCUT2D eigenvalue weighted by Crippen LogP contribution is -2.17. The van der Waals surface area contributed by atoms with E-state index >= 15 is 0 Å². The number of amides is 1. The van der Waals surface area contributed by atoms with Crippen LogP contribution in [0.3, 0.4) is 0 Å². The molecule has 0 aliphatic rings. The van der Waals surface area contributed by atoms with Gasteiger partial charge in [0, 0.05) is 5.56 Å². The van der Waals surface area contributed by atoms with Crippen molar-refractivity contribution < 1.29 is 19.1 Å². The van der Waals surface area contributed by atoms with E-state index in [1.807, 2.05) is 13.8 Å². The zero-order valence-electron chi connectivity index (χ0n) is 14.1. The number of carbonyl (C=O) groups is 2. The van der Waals surface area contributed by atoms with Crippen molar-refractivity contribution in [3.8, 4) is 5.75 Å². The summed E-state index contributed by atoms with van der Waals surface area (Å²) < 4.78 is 10.4. The van der Waals surface area contributed by atoms with Crippen LogP contribution in [0.2, 0.25) is 5.02 Å². The standard InChI is InChI=1S/C19H20ClNO4/c1-13(2)11-25-18(22)12-24-15-9-7-14(8-10-15)19(23)21-17-6-4-3-5-16(17)20/h3-10,13H,11-12H2,1-2H3,(H,21,23). The van der Waals surface area contributed by atoms with Gasteiger partial charge in [-0.1, -0.05) is 37.6 Å². The van der Waals surface area contributed by atoms with Gasteiger partial charge in [0.15, 0.2) is 6.61 Å². The fourth-order valence-electron chi connectivity index (χ4n) is 1.90. The van der Waals surface area contributed by atoms with Crippen molar-refractivity contribution in [2.24, 2.45) is 5.92 Å². The highest BCUT2D eigenvalue weighted by Gasteiger charge is 2.09. The van der Waals surface area contributed by atoms with Crippen molar-refractivity contribution in [1.82, 2.24) is 0 Å². The van der Waals surface area contributed by atoms with Gasteiger partial charge in [-0.15, -0.1) is 0 Å². The van der Waals surface area contributed by atoms with Gasteiger partial charge in [0.25, 0.3) is 5.91 Å². The molecule has 1 N–H and O–H groups in total. The number of ether oxygens (including phenoxy) is 2. The van der Waals surface area contributed by atoms with Crippen molar-refractivity contribution in [1.29, 1.82) is 0 Å².